The van der Waals surface area contributed by atoms with Gasteiger partial charge >= 0.3 is 18.4 Å². The van der Waals surface area contributed by atoms with E-state index < -0.39 is 41.8 Å². The largest absolute Gasteiger partial charge is 0.488 e. The molecule has 1 atom stereocenters. The summed E-state index contributed by atoms with van der Waals surface area (Å²) in [6, 6.07) is 2.62. The highest BCUT2D eigenvalue weighted by Gasteiger charge is 2.37. The van der Waals surface area contributed by atoms with Gasteiger partial charge < -0.3 is 14.4 Å². The number of ether oxygens (including phenoxy) is 2. The van der Waals surface area contributed by atoms with E-state index in [-0.39, 0.29) is 17.7 Å². The van der Waals surface area contributed by atoms with E-state index in [1.807, 2.05) is 0 Å². The fourth-order valence-electron chi connectivity index (χ4n) is 3.68. The summed E-state index contributed by atoms with van der Waals surface area (Å²) in [7, 11) is 0. The summed E-state index contributed by atoms with van der Waals surface area (Å²) >= 11 is 1.31. The van der Waals surface area contributed by atoms with Crippen molar-refractivity contribution in [1.82, 2.24) is 4.90 Å². The van der Waals surface area contributed by atoms with Crippen LogP contribution < -0.4 is 4.74 Å². The molecular weight excluding hydrogens is 484 g/mol. The molecular formula is C23H25F6NO3S. The van der Waals surface area contributed by atoms with Gasteiger partial charge in [-0.15, -0.1) is 11.3 Å². The molecule has 1 aromatic carbocycles. The molecule has 0 aliphatic carbocycles. The molecule has 0 bridgehead atoms. The van der Waals surface area contributed by atoms with Crippen molar-refractivity contribution >= 4 is 17.4 Å². The fourth-order valence-corrected chi connectivity index (χ4v) is 4.66. The first kappa shape index (κ1) is 26.2. The van der Waals surface area contributed by atoms with E-state index in [2.05, 4.69) is 0 Å². The van der Waals surface area contributed by atoms with Gasteiger partial charge in [0.15, 0.2) is 0 Å². The predicted molar refractivity (Wildman–Crippen MR) is 115 cm³/mol. The van der Waals surface area contributed by atoms with Gasteiger partial charge in [0, 0.05) is 6.54 Å². The lowest BCUT2D eigenvalue weighted by molar-refractivity contribution is -0.143. The Bertz CT molecular complexity index is 977. The Morgan fingerprint density at radius 2 is 1.65 bits per heavy atom. The van der Waals surface area contributed by atoms with E-state index in [0.717, 1.165) is 12.8 Å². The number of hydrogen-bond acceptors (Lipinski definition) is 4. The van der Waals surface area contributed by atoms with Crippen molar-refractivity contribution in [2.24, 2.45) is 0 Å². The number of thiophene rings is 1. The van der Waals surface area contributed by atoms with Crippen LogP contribution in [0.15, 0.2) is 29.6 Å². The lowest BCUT2D eigenvalue weighted by Crippen LogP contribution is -2.41. The average Bonchev–Trinajstić information content (AvgIpc) is 3.18. The van der Waals surface area contributed by atoms with Gasteiger partial charge in [-0.1, -0.05) is 0 Å². The quantitative estimate of drug-likeness (QED) is 0.395. The van der Waals surface area contributed by atoms with Gasteiger partial charge in [-0.05, 0) is 75.2 Å². The highest BCUT2D eigenvalue weighted by atomic mass is 32.1. The second-order valence-electron chi connectivity index (χ2n) is 9.04. The highest BCUT2D eigenvalue weighted by molar-refractivity contribution is 7.10. The summed E-state index contributed by atoms with van der Waals surface area (Å²) in [6.07, 6.45) is -8.06. The Kier molecular flexibility index (Phi) is 7.45. The van der Waals surface area contributed by atoms with Crippen LogP contribution in [0.25, 0.3) is 0 Å². The Hall–Kier alpha value is -2.43. The van der Waals surface area contributed by atoms with Crippen molar-refractivity contribution in [3.8, 4) is 5.75 Å². The maximum atomic E-state index is 13.1. The molecule has 0 radical (unpaired) electrons. The zero-order valence-corrected chi connectivity index (χ0v) is 19.7. The van der Waals surface area contributed by atoms with E-state index in [9.17, 15) is 31.1 Å². The van der Waals surface area contributed by atoms with Crippen molar-refractivity contribution in [2.45, 2.75) is 70.6 Å². The summed E-state index contributed by atoms with van der Waals surface area (Å²) < 4.78 is 90.0. The van der Waals surface area contributed by atoms with E-state index in [1.54, 1.807) is 37.1 Å². The number of nitrogens with zero attached hydrogens (tertiary/aromatic N) is 1. The number of benzene rings is 1. The molecule has 0 saturated carbocycles. The van der Waals surface area contributed by atoms with Crippen molar-refractivity contribution in [1.29, 1.82) is 0 Å². The maximum Gasteiger partial charge on any atom is 0.416 e. The predicted octanol–water partition coefficient (Wildman–Crippen LogP) is 7.83. The van der Waals surface area contributed by atoms with Crippen LogP contribution in [0, 0.1) is 0 Å². The molecule has 1 saturated heterocycles. The van der Waals surface area contributed by atoms with Crippen molar-refractivity contribution in [3.05, 3.63) is 51.2 Å². The van der Waals surface area contributed by atoms with Crippen molar-refractivity contribution in [2.75, 3.05) is 6.54 Å². The minimum absolute atomic E-state index is 0.0836. The van der Waals surface area contributed by atoms with Crippen molar-refractivity contribution in [3.63, 3.8) is 0 Å². The molecule has 4 nitrogen and oxygen atoms in total. The molecule has 2 heterocycles. The third kappa shape index (κ3) is 6.58. The van der Waals surface area contributed by atoms with Crippen LogP contribution in [0.1, 0.15) is 67.6 Å². The van der Waals surface area contributed by atoms with Gasteiger partial charge in [-0.2, -0.15) is 26.3 Å². The molecule has 11 heteroatoms. The zero-order chi connectivity index (χ0) is 25.3. The molecule has 3 rings (SSSR count). The molecule has 1 aromatic heterocycles. The summed E-state index contributed by atoms with van der Waals surface area (Å²) in [4.78, 5) is 15.0. The van der Waals surface area contributed by atoms with E-state index >= 15 is 0 Å². The standard InChI is InChI=1S/C23H25F6NO3S/c1-21(2,3)33-20(31)30-8-5-4-6-17(30)19-18(7-9-34-19)32-13-14-10-15(22(24,25)26)12-16(11-14)23(27,28)29/h7,9-12,17H,4-6,8,13H2,1-3H3. The smallest absolute Gasteiger partial charge is 0.416 e. The number of hydrogen-bond donors (Lipinski definition) is 0. The number of amides is 1. The average molecular weight is 510 g/mol. The van der Waals surface area contributed by atoms with E-state index in [0.29, 0.717) is 35.7 Å². The number of piperidine rings is 1. The first-order chi connectivity index (χ1) is 15.6. The normalized spacial score (nSPS) is 17.6. The molecule has 1 fully saturated rings. The van der Waals surface area contributed by atoms with Gasteiger partial charge in [0.1, 0.15) is 18.0 Å². The minimum Gasteiger partial charge on any atom is -0.488 e. The number of halogens is 6. The fraction of sp³-hybridized carbons (Fsp3) is 0.522. The molecule has 188 valence electrons. The Morgan fingerprint density at radius 1 is 1.03 bits per heavy atom. The minimum atomic E-state index is -4.93. The number of carbonyl (C=O) groups excluding carboxylic acids is 1. The Morgan fingerprint density at radius 3 is 2.21 bits per heavy atom. The van der Waals surface area contributed by atoms with Crippen LogP contribution in [0.2, 0.25) is 0 Å². The van der Waals surface area contributed by atoms with Crippen LogP contribution in [-0.4, -0.2) is 23.1 Å². The van der Waals surface area contributed by atoms with Crippen LogP contribution in [0.4, 0.5) is 31.1 Å². The second kappa shape index (κ2) is 9.67. The molecule has 0 spiro atoms. The van der Waals surface area contributed by atoms with E-state index in [4.69, 9.17) is 9.47 Å². The van der Waals surface area contributed by atoms with Crippen LogP contribution in [0.5, 0.6) is 5.75 Å². The van der Waals surface area contributed by atoms with E-state index in [1.165, 1.54) is 11.3 Å². The van der Waals surface area contributed by atoms with Gasteiger partial charge in [0.2, 0.25) is 0 Å². The lowest BCUT2D eigenvalue weighted by Gasteiger charge is -2.36. The molecule has 2 aromatic rings. The van der Waals surface area contributed by atoms with Gasteiger partial charge in [-0.25, -0.2) is 4.79 Å². The number of rotatable bonds is 4. The SMILES string of the molecule is CC(C)(C)OC(=O)N1CCCCC1c1sccc1OCc1cc(C(F)(F)F)cc(C(F)(F)F)c1. The number of carbonyl (C=O) groups is 1. The Labute approximate surface area is 197 Å². The first-order valence-corrected chi connectivity index (χ1v) is 11.5. The van der Waals surface area contributed by atoms with Gasteiger partial charge in [-0.3, -0.25) is 0 Å². The molecule has 0 N–H and O–H groups in total. The maximum absolute atomic E-state index is 13.1. The van der Waals surface area contributed by atoms with Crippen LogP contribution >= 0.6 is 11.3 Å². The third-order valence-electron chi connectivity index (χ3n) is 5.13. The second-order valence-corrected chi connectivity index (χ2v) is 9.98. The highest BCUT2D eigenvalue weighted by Crippen LogP contribution is 2.41. The number of alkyl halides is 6. The molecule has 1 aliphatic heterocycles. The third-order valence-corrected chi connectivity index (χ3v) is 6.13. The lowest BCUT2D eigenvalue weighted by atomic mass is 10.0. The van der Waals surface area contributed by atoms with Gasteiger partial charge in [0.25, 0.3) is 0 Å². The number of likely N-dealkylation sites (tertiary alicyclic amines) is 1. The summed E-state index contributed by atoms with van der Waals surface area (Å²) in [5.41, 5.74) is -3.73. The molecule has 34 heavy (non-hydrogen) atoms. The first-order valence-electron chi connectivity index (χ1n) is 10.6. The molecule has 1 amide bonds. The van der Waals surface area contributed by atoms with Crippen molar-refractivity contribution < 1.29 is 40.6 Å². The monoisotopic (exact) mass is 509 g/mol. The molecule has 1 aliphatic rings. The Balaban J connectivity index is 1.83. The summed E-state index contributed by atoms with van der Waals surface area (Å²) in [5, 5.41) is 1.71. The topological polar surface area (TPSA) is 38.8 Å². The van der Waals surface area contributed by atoms with Crippen LogP contribution in [-0.2, 0) is 23.7 Å². The van der Waals surface area contributed by atoms with Crippen LogP contribution in [0.3, 0.4) is 0 Å². The summed E-state index contributed by atoms with van der Waals surface area (Å²) in [5.74, 6) is 0.316. The summed E-state index contributed by atoms with van der Waals surface area (Å²) in [6.45, 7) is 5.25. The zero-order valence-electron chi connectivity index (χ0n) is 18.8. The van der Waals surface area contributed by atoms with Gasteiger partial charge in [0.05, 0.1) is 22.0 Å². The molecule has 1 unspecified atom stereocenters.